The van der Waals surface area contributed by atoms with E-state index >= 15 is 0 Å². The van der Waals surface area contributed by atoms with Gasteiger partial charge in [0, 0.05) is 19.6 Å². The number of hydrogen-bond acceptors (Lipinski definition) is 5. The molecule has 0 saturated carbocycles. The van der Waals surface area contributed by atoms with Gasteiger partial charge in [-0.15, -0.1) is 0 Å². The monoisotopic (exact) mass is 291 g/mol. The summed E-state index contributed by atoms with van der Waals surface area (Å²) in [5.74, 6) is 0.870. The summed E-state index contributed by atoms with van der Waals surface area (Å²) in [5.41, 5.74) is 6.91. The summed E-state index contributed by atoms with van der Waals surface area (Å²) in [4.78, 5) is 10.1. The second kappa shape index (κ2) is 7.07. The van der Waals surface area contributed by atoms with Gasteiger partial charge in [-0.1, -0.05) is 41.9 Å². The molecule has 20 heavy (non-hydrogen) atoms. The van der Waals surface area contributed by atoms with E-state index in [4.69, 9.17) is 17.3 Å². The predicted octanol–water partition coefficient (Wildman–Crippen LogP) is 2.26. The first kappa shape index (κ1) is 14.6. The molecule has 1 aromatic heterocycles. The number of nitrogens with zero attached hydrogens (tertiary/aromatic N) is 3. The van der Waals surface area contributed by atoms with E-state index in [1.54, 1.807) is 0 Å². The molecule has 0 amide bonds. The SMILES string of the molecule is CN(CCNc1ncnc(N)c1Cl)Cc1ccccc1. The molecule has 0 atom stereocenters. The molecule has 0 saturated heterocycles. The Bertz CT molecular complexity index is 547. The first-order chi connectivity index (χ1) is 9.66. The van der Waals surface area contributed by atoms with Crippen molar-refractivity contribution in [1.29, 1.82) is 0 Å². The number of nitrogens with two attached hydrogens (primary N) is 1. The quantitative estimate of drug-likeness (QED) is 0.854. The number of hydrogen-bond donors (Lipinski definition) is 2. The van der Waals surface area contributed by atoms with Crippen molar-refractivity contribution in [3.8, 4) is 0 Å². The maximum absolute atomic E-state index is 6.01. The summed E-state index contributed by atoms with van der Waals surface area (Å²) in [7, 11) is 2.07. The summed E-state index contributed by atoms with van der Waals surface area (Å²) in [6, 6.07) is 10.3. The van der Waals surface area contributed by atoms with Crippen molar-refractivity contribution >= 4 is 23.2 Å². The van der Waals surface area contributed by atoms with Crippen LogP contribution in [-0.2, 0) is 6.54 Å². The van der Waals surface area contributed by atoms with Gasteiger partial charge in [0.25, 0.3) is 0 Å². The molecular weight excluding hydrogens is 274 g/mol. The molecule has 0 aliphatic carbocycles. The van der Waals surface area contributed by atoms with Crippen LogP contribution in [0.15, 0.2) is 36.7 Å². The standard InChI is InChI=1S/C14H18ClN5/c1-20(9-11-5-3-2-4-6-11)8-7-17-14-12(15)13(16)18-10-19-14/h2-6,10H,7-9H2,1H3,(H3,16,17,18,19). The van der Waals surface area contributed by atoms with Crippen molar-refractivity contribution in [3.63, 3.8) is 0 Å². The highest BCUT2D eigenvalue weighted by Gasteiger charge is 2.06. The summed E-state index contributed by atoms with van der Waals surface area (Å²) >= 11 is 6.01. The van der Waals surface area contributed by atoms with Gasteiger partial charge in [-0.3, -0.25) is 0 Å². The Balaban J connectivity index is 1.79. The molecular formula is C14H18ClN5. The summed E-state index contributed by atoms with van der Waals surface area (Å²) < 4.78 is 0. The molecule has 0 aliphatic rings. The number of likely N-dealkylation sites (N-methyl/N-ethyl adjacent to an activating group) is 1. The van der Waals surface area contributed by atoms with E-state index in [-0.39, 0.29) is 0 Å². The Morgan fingerprint density at radius 2 is 2.00 bits per heavy atom. The Hall–Kier alpha value is -1.85. The normalized spacial score (nSPS) is 10.8. The van der Waals surface area contributed by atoms with Crippen molar-refractivity contribution in [2.45, 2.75) is 6.54 Å². The molecule has 0 spiro atoms. The fraction of sp³-hybridized carbons (Fsp3) is 0.286. The smallest absolute Gasteiger partial charge is 0.150 e. The second-order valence-electron chi connectivity index (χ2n) is 4.57. The first-order valence-corrected chi connectivity index (χ1v) is 6.77. The van der Waals surface area contributed by atoms with Gasteiger partial charge in [-0.2, -0.15) is 0 Å². The number of halogens is 1. The van der Waals surface area contributed by atoms with Crippen LogP contribution in [0.5, 0.6) is 0 Å². The van der Waals surface area contributed by atoms with Crippen LogP contribution < -0.4 is 11.1 Å². The van der Waals surface area contributed by atoms with Gasteiger partial charge >= 0.3 is 0 Å². The Morgan fingerprint density at radius 1 is 1.25 bits per heavy atom. The molecule has 0 aliphatic heterocycles. The topological polar surface area (TPSA) is 67.1 Å². The van der Waals surface area contributed by atoms with Crippen molar-refractivity contribution in [1.82, 2.24) is 14.9 Å². The Morgan fingerprint density at radius 3 is 2.75 bits per heavy atom. The van der Waals surface area contributed by atoms with E-state index < -0.39 is 0 Å². The average molecular weight is 292 g/mol. The zero-order valence-corrected chi connectivity index (χ0v) is 12.1. The molecule has 106 valence electrons. The van der Waals surface area contributed by atoms with Gasteiger partial charge in [0.15, 0.2) is 0 Å². The molecule has 1 heterocycles. The molecule has 2 rings (SSSR count). The fourth-order valence-corrected chi connectivity index (χ4v) is 2.01. The van der Waals surface area contributed by atoms with Gasteiger partial charge in [0.05, 0.1) is 0 Å². The maximum Gasteiger partial charge on any atom is 0.150 e. The molecule has 0 bridgehead atoms. The van der Waals surface area contributed by atoms with Crippen LogP contribution in [0, 0.1) is 0 Å². The molecule has 6 heteroatoms. The van der Waals surface area contributed by atoms with Crippen LogP contribution in [0.25, 0.3) is 0 Å². The van der Waals surface area contributed by atoms with Gasteiger partial charge < -0.3 is 16.0 Å². The molecule has 2 aromatic rings. The van der Waals surface area contributed by atoms with E-state index in [1.807, 2.05) is 18.2 Å². The second-order valence-corrected chi connectivity index (χ2v) is 4.95. The van der Waals surface area contributed by atoms with Gasteiger partial charge in [-0.25, -0.2) is 9.97 Å². The van der Waals surface area contributed by atoms with Crippen LogP contribution in [0.4, 0.5) is 11.6 Å². The van der Waals surface area contributed by atoms with Gasteiger partial charge in [-0.05, 0) is 12.6 Å². The van der Waals surface area contributed by atoms with Crippen molar-refractivity contribution < 1.29 is 0 Å². The highest BCUT2D eigenvalue weighted by Crippen LogP contribution is 2.22. The third-order valence-corrected chi connectivity index (χ3v) is 3.27. The van der Waals surface area contributed by atoms with Gasteiger partial charge in [0.1, 0.15) is 23.0 Å². The molecule has 5 nitrogen and oxygen atoms in total. The molecule has 0 unspecified atom stereocenters. The number of nitrogens with one attached hydrogen (secondary N) is 1. The minimum atomic E-state index is 0.293. The largest absolute Gasteiger partial charge is 0.382 e. The highest BCUT2D eigenvalue weighted by molar-refractivity contribution is 6.35. The van der Waals surface area contributed by atoms with Crippen LogP contribution >= 0.6 is 11.6 Å². The molecule has 3 N–H and O–H groups in total. The Labute approximate surface area is 123 Å². The fourth-order valence-electron chi connectivity index (χ4n) is 1.85. The number of nitrogen functional groups attached to an aromatic ring is 1. The highest BCUT2D eigenvalue weighted by atomic mass is 35.5. The predicted molar refractivity (Wildman–Crippen MR) is 82.7 cm³/mol. The zero-order chi connectivity index (χ0) is 14.4. The van der Waals surface area contributed by atoms with Crippen LogP contribution in [0.2, 0.25) is 5.02 Å². The van der Waals surface area contributed by atoms with E-state index in [2.05, 4.69) is 39.4 Å². The number of benzene rings is 1. The van der Waals surface area contributed by atoms with Crippen LogP contribution in [0.3, 0.4) is 0 Å². The number of aromatic nitrogens is 2. The lowest BCUT2D eigenvalue weighted by Gasteiger charge is -2.17. The van der Waals surface area contributed by atoms with Crippen molar-refractivity contribution in [2.75, 3.05) is 31.2 Å². The third-order valence-electron chi connectivity index (χ3n) is 2.90. The molecule has 0 fully saturated rings. The lowest BCUT2D eigenvalue weighted by Crippen LogP contribution is -2.25. The minimum Gasteiger partial charge on any atom is -0.382 e. The number of rotatable bonds is 6. The third kappa shape index (κ3) is 4.08. The number of anilines is 2. The van der Waals surface area contributed by atoms with Gasteiger partial charge in [0.2, 0.25) is 0 Å². The molecule has 1 aromatic carbocycles. The lowest BCUT2D eigenvalue weighted by atomic mass is 10.2. The van der Waals surface area contributed by atoms with Crippen molar-refractivity contribution in [2.24, 2.45) is 0 Å². The first-order valence-electron chi connectivity index (χ1n) is 6.39. The van der Waals surface area contributed by atoms with E-state index in [1.165, 1.54) is 11.9 Å². The van der Waals surface area contributed by atoms with E-state index in [9.17, 15) is 0 Å². The Kier molecular flexibility index (Phi) is 5.15. The summed E-state index contributed by atoms with van der Waals surface area (Å²) in [5, 5.41) is 3.54. The lowest BCUT2D eigenvalue weighted by molar-refractivity contribution is 0.340. The van der Waals surface area contributed by atoms with E-state index in [0.717, 1.165) is 19.6 Å². The van der Waals surface area contributed by atoms with Crippen LogP contribution in [0.1, 0.15) is 5.56 Å². The average Bonchev–Trinajstić information content (AvgIpc) is 2.44. The summed E-state index contributed by atoms with van der Waals surface area (Å²) in [6.45, 7) is 2.51. The van der Waals surface area contributed by atoms with Crippen molar-refractivity contribution in [3.05, 3.63) is 47.2 Å². The minimum absolute atomic E-state index is 0.293. The maximum atomic E-state index is 6.01. The molecule has 0 radical (unpaired) electrons. The van der Waals surface area contributed by atoms with Crippen LogP contribution in [-0.4, -0.2) is 35.0 Å². The zero-order valence-electron chi connectivity index (χ0n) is 11.4. The summed E-state index contributed by atoms with van der Waals surface area (Å²) in [6.07, 6.45) is 1.40. The van der Waals surface area contributed by atoms with E-state index in [0.29, 0.717) is 16.7 Å².